The third-order valence-corrected chi connectivity index (χ3v) is 6.33. The maximum absolute atomic E-state index is 15.1. The molecule has 0 saturated carbocycles. The minimum Gasteiger partial charge on any atom is -0.442 e. The molecule has 2 aromatic carbocycles. The van der Waals surface area contributed by atoms with E-state index in [-0.39, 0.29) is 5.91 Å². The van der Waals surface area contributed by atoms with Crippen molar-refractivity contribution in [2.75, 3.05) is 42.5 Å². The summed E-state index contributed by atoms with van der Waals surface area (Å²) in [5.74, 6) is -0.420. The van der Waals surface area contributed by atoms with Gasteiger partial charge in [0.15, 0.2) is 0 Å². The predicted molar refractivity (Wildman–Crippen MR) is 128 cm³/mol. The van der Waals surface area contributed by atoms with Crippen LogP contribution >= 0.6 is 0 Å². The molecular formula is C25H27FN6O3. The van der Waals surface area contributed by atoms with Gasteiger partial charge in [-0.1, -0.05) is 22.9 Å². The first-order valence-electron chi connectivity index (χ1n) is 11.6. The molecule has 9 nitrogen and oxygen atoms in total. The van der Waals surface area contributed by atoms with Crippen LogP contribution in [-0.2, 0) is 11.3 Å². The number of cyclic esters (lactones) is 1. The third kappa shape index (κ3) is 4.82. The number of aromatic nitrogens is 3. The highest BCUT2D eigenvalue weighted by Gasteiger charge is 2.33. The summed E-state index contributed by atoms with van der Waals surface area (Å²) >= 11 is 0. The zero-order valence-electron chi connectivity index (χ0n) is 19.7. The van der Waals surface area contributed by atoms with Crippen LogP contribution < -0.4 is 9.80 Å². The fourth-order valence-corrected chi connectivity index (χ4v) is 4.55. The number of rotatable bonds is 5. The Morgan fingerprint density at radius 3 is 2.60 bits per heavy atom. The number of carbonyl (C=O) groups excluding carboxylic acids is 2. The van der Waals surface area contributed by atoms with E-state index >= 15 is 4.39 Å². The standard InChI is InChI=1S/C25H27FN6O3/c1-17-4-3-5-19(12-17)24(33)30-10-8-29(9-11-30)23-7-6-20(13-22(23)26)32-16-21(35-25(32)34)15-31-14-18(2)27-28-31/h3-7,12-14,21H,8-11,15-16H2,1-2H3/t21-/m0/s1. The Balaban J connectivity index is 1.21. The Morgan fingerprint density at radius 1 is 1.11 bits per heavy atom. The van der Waals surface area contributed by atoms with Crippen LogP contribution in [0.25, 0.3) is 0 Å². The number of carbonyl (C=O) groups is 2. The van der Waals surface area contributed by atoms with Gasteiger partial charge in [0.1, 0.15) is 11.9 Å². The van der Waals surface area contributed by atoms with E-state index in [0.29, 0.717) is 56.2 Å². The van der Waals surface area contributed by atoms with Crippen molar-refractivity contribution in [2.24, 2.45) is 0 Å². The summed E-state index contributed by atoms with van der Waals surface area (Å²) in [6.45, 7) is 6.55. The Hall–Kier alpha value is -3.95. The van der Waals surface area contributed by atoms with Gasteiger partial charge in [0.05, 0.1) is 30.2 Å². The van der Waals surface area contributed by atoms with Crippen molar-refractivity contribution >= 4 is 23.4 Å². The zero-order chi connectivity index (χ0) is 24.5. The van der Waals surface area contributed by atoms with E-state index in [2.05, 4.69) is 10.3 Å². The molecule has 2 aliphatic rings. The van der Waals surface area contributed by atoms with Gasteiger partial charge in [-0.3, -0.25) is 9.69 Å². The van der Waals surface area contributed by atoms with Gasteiger partial charge in [0.25, 0.3) is 5.91 Å². The molecule has 0 aliphatic carbocycles. The second-order valence-electron chi connectivity index (χ2n) is 8.98. The van der Waals surface area contributed by atoms with Crippen molar-refractivity contribution in [3.63, 3.8) is 0 Å². The Bertz CT molecular complexity index is 1250. The number of hydrogen-bond donors (Lipinski definition) is 0. The van der Waals surface area contributed by atoms with E-state index in [4.69, 9.17) is 4.74 Å². The van der Waals surface area contributed by atoms with Crippen LogP contribution in [0.4, 0.5) is 20.6 Å². The molecule has 3 heterocycles. The molecule has 1 aromatic heterocycles. The Kier molecular flexibility index (Phi) is 6.10. The van der Waals surface area contributed by atoms with E-state index in [9.17, 15) is 9.59 Å². The quantitative estimate of drug-likeness (QED) is 0.561. The number of aryl methyl sites for hydroxylation is 2. The molecule has 0 spiro atoms. The molecule has 0 unspecified atom stereocenters. The third-order valence-electron chi connectivity index (χ3n) is 6.33. The summed E-state index contributed by atoms with van der Waals surface area (Å²) in [5, 5.41) is 7.92. The molecule has 2 amide bonds. The summed E-state index contributed by atoms with van der Waals surface area (Å²) in [7, 11) is 0. The van der Waals surface area contributed by atoms with Crippen molar-refractivity contribution in [1.29, 1.82) is 0 Å². The number of nitrogens with zero attached hydrogens (tertiary/aromatic N) is 6. The van der Waals surface area contributed by atoms with Gasteiger partial charge >= 0.3 is 6.09 Å². The molecule has 0 radical (unpaired) electrons. The monoisotopic (exact) mass is 478 g/mol. The normalized spacial score (nSPS) is 18.2. The Labute approximate surface area is 202 Å². The van der Waals surface area contributed by atoms with Crippen LogP contribution in [-0.4, -0.2) is 70.7 Å². The topological polar surface area (TPSA) is 83.8 Å². The smallest absolute Gasteiger partial charge is 0.414 e. The van der Waals surface area contributed by atoms with E-state index < -0.39 is 18.0 Å². The van der Waals surface area contributed by atoms with Crippen molar-refractivity contribution < 1.29 is 18.7 Å². The van der Waals surface area contributed by atoms with Crippen molar-refractivity contribution in [3.05, 3.63) is 71.3 Å². The van der Waals surface area contributed by atoms with Gasteiger partial charge in [-0.25, -0.2) is 13.9 Å². The van der Waals surface area contributed by atoms with E-state index in [1.807, 2.05) is 43.0 Å². The van der Waals surface area contributed by atoms with E-state index in [0.717, 1.165) is 11.3 Å². The second kappa shape index (κ2) is 9.36. The molecule has 1 atom stereocenters. The average molecular weight is 479 g/mol. The maximum atomic E-state index is 15.1. The fourth-order valence-electron chi connectivity index (χ4n) is 4.55. The first-order valence-corrected chi connectivity index (χ1v) is 11.6. The molecule has 2 saturated heterocycles. The number of benzene rings is 2. The van der Waals surface area contributed by atoms with Gasteiger partial charge < -0.3 is 14.5 Å². The highest BCUT2D eigenvalue weighted by Crippen LogP contribution is 2.29. The second-order valence-corrected chi connectivity index (χ2v) is 8.98. The number of anilines is 2. The van der Waals surface area contributed by atoms with Gasteiger partial charge in [0.2, 0.25) is 0 Å². The largest absolute Gasteiger partial charge is 0.442 e. The summed E-state index contributed by atoms with van der Waals surface area (Å²) in [4.78, 5) is 30.4. The molecule has 5 rings (SSSR count). The minimum atomic E-state index is -0.512. The lowest BCUT2D eigenvalue weighted by atomic mass is 10.1. The molecule has 0 N–H and O–H groups in total. The van der Waals surface area contributed by atoms with Crippen LogP contribution in [0.3, 0.4) is 0 Å². The first kappa shape index (κ1) is 22.8. The van der Waals surface area contributed by atoms with Crippen LogP contribution in [0.2, 0.25) is 0 Å². The maximum Gasteiger partial charge on any atom is 0.414 e. The summed E-state index contributed by atoms with van der Waals surface area (Å²) in [6, 6.07) is 12.3. The molecule has 3 aromatic rings. The van der Waals surface area contributed by atoms with Gasteiger partial charge in [0, 0.05) is 37.9 Å². The summed E-state index contributed by atoms with van der Waals surface area (Å²) in [6.07, 6.45) is 0.867. The Morgan fingerprint density at radius 2 is 1.91 bits per heavy atom. The van der Waals surface area contributed by atoms with Crippen LogP contribution in [0.1, 0.15) is 21.6 Å². The number of amides is 2. The van der Waals surface area contributed by atoms with E-state index in [1.165, 1.54) is 11.0 Å². The SMILES string of the molecule is Cc1cccc(C(=O)N2CCN(c3ccc(N4C[C@H](Cn5cc(C)nn5)OC4=O)cc3F)CC2)c1. The fraction of sp³-hybridized carbons (Fsp3) is 0.360. The predicted octanol–water partition coefficient (Wildman–Crippen LogP) is 3.02. The van der Waals surface area contributed by atoms with E-state index in [1.54, 1.807) is 27.9 Å². The first-order chi connectivity index (χ1) is 16.9. The van der Waals surface area contributed by atoms with Crippen molar-refractivity contribution in [3.8, 4) is 0 Å². The van der Waals surface area contributed by atoms with Gasteiger partial charge in [-0.15, -0.1) is 5.10 Å². The lowest BCUT2D eigenvalue weighted by Crippen LogP contribution is -2.49. The van der Waals surface area contributed by atoms with Crippen LogP contribution in [0, 0.1) is 19.7 Å². The van der Waals surface area contributed by atoms with Gasteiger partial charge in [-0.2, -0.15) is 0 Å². The number of ether oxygens (including phenoxy) is 1. The molecule has 2 fully saturated rings. The molecule has 10 heteroatoms. The summed E-state index contributed by atoms with van der Waals surface area (Å²) in [5.41, 5.74) is 3.40. The summed E-state index contributed by atoms with van der Waals surface area (Å²) < 4.78 is 22.2. The molecule has 35 heavy (non-hydrogen) atoms. The lowest BCUT2D eigenvalue weighted by molar-refractivity contribution is 0.0746. The number of hydrogen-bond acceptors (Lipinski definition) is 6. The average Bonchev–Trinajstić information content (AvgIpc) is 3.43. The lowest BCUT2D eigenvalue weighted by Gasteiger charge is -2.36. The highest BCUT2D eigenvalue weighted by molar-refractivity contribution is 5.94. The minimum absolute atomic E-state index is 0.00711. The van der Waals surface area contributed by atoms with Crippen molar-refractivity contribution in [1.82, 2.24) is 19.9 Å². The van der Waals surface area contributed by atoms with Gasteiger partial charge in [-0.05, 0) is 44.2 Å². The van der Waals surface area contributed by atoms with Crippen molar-refractivity contribution in [2.45, 2.75) is 26.5 Å². The van der Waals surface area contributed by atoms with Crippen LogP contribution in [0.5, 0.6) is 0 Å². The number of halogens is 1. The number of piperazine rings is 1. The molecule has 0 bridgehead atoms. The zero-order valence-corrected chi connectivity index (χ0v) is 19.7. The molecular weight excluding hydrogens is 451 g/mol. The highest BCUT2D eigenvalue weighted by atomic mass is 19.1. The molecule has 182 valence electrons. The molecule has 2 aliphatic heterocycles. The van der Waals surface area contributed by atoms with Crippen LogP contribution in [0.15, 0.2) is 48.7 Å².